The zero-order valence-electron chi connectivity index (χ0n) is 29.6. The highest BCUT2D eigenvalue weighted by Crippen LogP contribution is 2.36. The molecule has 0 spiro atoms. The zero-order chi connectivity index (χ0) is 34.8. The van der Waals surface area contributed by atoms with E-state index in [1.165, 1.54) is 6.92 Å². The van der Waals surface area contributed by atoms with Crippen LogP contribution in [0.3, 0.4) is 0 Å². The number of benzene rings is 1. The monoisotopic (exact) mass is 657 g/mol. The lowest BCUT2D eigenvalue weighted by atomic mass is 9.87. The number of carbonyl (C=O) groups excluding carboxylic acids is 4. The van der Waals surface area contributed by atoms with E-state index < -0.39 is 11.5 Å². The van der Waals surface area contributed by atoms with E-state index in [9.17, 15) is 19.2 Å². The van der Waals surface area contributed by atoms with Gasteiger partial charge in [0.2, 0.25) is 17.7 Å². The van der Waals surface area contributed by atoms with Crippen LogP contribution in [0, 0.1) is 17.8 Å². The lowest BCUT2D eigenvalue weighted by Crippen LogP contribution is -2.49. The van der Waals surface area contributed by atoms with Crippen LogP contribution in [0.25, 0.3) is 22.0 Å². The Bertz CT molecular complexity index is 1690. The lowest BCUT2D eigenvalue weighted by molar-refractivity contribution is -0.139. The highest BCUT2D eigenvalue weighted by Gasteiger charge is 2.46. The van der Waals surface area contributed by atoms with Crippen LogP contribution in [0.2, 0.25) is 0 Å². The third-order valence-corrected chi connectivity index (χ3v) is 9.51. The van der Waals surface area contributed by atoms with Crippen molar-refractivity contribution in [3.05, 3.63) is 41.6 Å². The molecule has 1 fully saturated rings. The Morgan fingerprint density at radius 1 is 1.06 bits per heavy atom. The molecule has 1 aromatic carbocycles. The first-order valence-electron chi connectivity index (χ1n) is 17.3. The Kier molecular flexibility index (Phi) is 10.4. The number of aromatic nitrogens is 4. The van der Waals surface area contributed by atoms with Crippen LogP contribution in [0.5, 0.6) is 0 Å². The smallest absolute Gasteiger partial charge is 0.245 e. The second-order valence-electron chi connectivity index (χ2n) is 15.5. The van der Waals surface area contributed by atoms with E-state index in [1.54, 1.807) is 22.0 Å². The van der Waals surface area contributed by atoms with Gasteiger partial charge in [-0.25, -0.2) is 9.97 Å². The summed E-state index contributed by atoms with van der Waals surface area (Å²) >= 11 is 0. The van der Waals surface area contributed by atoms with Gasteiger partial charge in [0, 0.05) is 61.2 Å². The number of fused-ring (bicyclic) bond motifs is 2. The van der Waals surface area contributed by atoms with Crippen molar-refractivity contribution in [1.29, 1.82) is 0 Å². The van der Waals surface area contributed by atoms with E-state index in [0.29, 0.717) is 49.3 Å². The predicted octanol–water partition coefficient (Wildman–Crippen LogP) is 5.18. The van der Waals surface area contributed by atoms with Crippen LogP contribution >= 0.6 is 0 Å². The molecule has 0 radical (unpaired) electrons. The first-order valence-corrected chi connectivity index (χ1v) is 17.3. The zero-order valence-corrected chi connectivity index (χ0v) is 29.6. The second kappa shape index (κ2) is 14.1. The number of nitrogens with zero attached hydrogens (tertiary/aromatic N) is 5. The van der Waals surface area contributed by atoms with Crippen molar-refractivity contribution in [1.82, 2.24) is 35.3 Å². The van der Waals surface area contributed by atoms with E-state index in [1.807, 2.05) is 26.8 Å². The average molecular weight is 658 g/mol. The minimum atomic E-state index is -0.692. The molecule has 2 aromatic heterocycles. The van der Waals surface area contributed by atoms with Gasteiger partial charge < -0.3 is 15.5 Å². The maximum atomic E-state index is 14.3. The van der Waals surface area contributed by atoms with Crippen LogP contribution < -0.4 is 10.6 Å². The van der Waals surface area contributed by atoms with Gasteiger partial charge in [-0.2, -0.15) is 5.10 Å². The molecule has 258 valence electrons. The van der Waals surface area contributed by atoms with Gasteiger partial charge in [0.25, 0.3) is 0 Å². The summed E-state index contributed by atoms with van der Waals surface area (Å²) in [6.07, 6.45) is 9.43. The molecule has 11 heteroatoms. The van der Waals surface area contributed by atoms with Crippen LogP contribution in [0.15, 0.2) is 24.5 Å². The standard InChI is InChI=1S/C37H51N7O4/c1-23(16-36(4,5)6)41-35(48)30-17-37(7)21-40-31(46)13-11-9-8-10-12-26-14-27(28-18-38-25(3)39-19-28)15-29-33(24(2)45)42-44(34(26)29)20-32(47)43(30)22-37/h14-15,18-19,23,30H,8-13,16-17,20-22H2,1-7H3,(H,40,46)(H,41,48)/t23-,30-,37-/m0/s1. The molecule has 1 saturated heterocycles. The predicted molar refractivity (Wildman–Crippen MR) is 185 cm³/mol. The fourth-order valence-corrected chi connectivity index (χ4v) is 7.35. The average Bonchev–Trinajstić information content (AvgIpc) is 3.55. The molecule has 2 N–H and O–H groups in total. The number of ketones is 1. The molecule has 3 atom stereocenters. The number of rotatable bonds is 5. The van der Waals surface area contributed by atoms with Gasteiger partial charge in [0.1, 0.15) is 24.1 Å². The SMILES string of the molecule is CC(=O)c1nn2c3c(cc(-c4cnc(C)nc4)cc13)CCCCCCC(=O)NC[C@]1(C)C[C@@H](C(=O)N[C@@H](C)CC(C)(C)C)N(C1)C(=O)C2. The Morgan fingerprint density at radius 3 is 2.42 bits per heavy atom. The molecule has 3 aromatic rings. The molecule has 5 rings (SSSR count). The van der Waals surface area contributed by atoms with E-state index in [-0.39, 0.29) is 41.5 Å². The van der Waals surface area contributed by atoms with Gasteiger partial charge >= 0.3 is 0 Å². The number of aryl methyl sites for hydroxylation is 2. The third-order valence-electron chi connectivity index (χ3n) is 9.51. The Balaban J connectivity index is 1.56. The number of hydrogen-bond acceptors (Lipinski definition) is 7. The summed E-state index contributed by atoms with van der Waals surface area (Å²) in [5, 5.41) is 11.7. The highest BCUT2D eigenvalue weighted by molar-refractivity contribution is 6.07. The quantitative estimate of drug-likeness (QED) is 0.361. The Hall–Kier alpha value is -4.15. The Morgan fingerprint density at radius 2 is 1.75 bits per heavy atom. The molecule has 4 heterocycles. The van der Waals surface area contributed by atoms with Crippen molar-refractivity contribution in [2.45, 2.75) is 118 Å². The van der Waals surface area contributed by atoms with Gasteiger partial charge in [-0.1, -0.05) is 40.5 Å². The number of nitrogens with one attached hydrogen (secondary N) is 2. The van der Waals surface area contributed by atoms with Crippen LogP contribution in [-0.4, -0.2) is 73.3 Å². The summed E-state index contributed by atoms with van der Waals surface area (Å²) in [5.41, 5.74) is 3.30. The topological polar surface area (TPSA) is 139 Å². The molecule has 0 unspecified atom stereocenters. The van der Waals surface area contributed by atoms with Crippen LogP contribution in [0.1, 0.15) is 108 Å². The van der Waals surface area contributed by atoms with Crippen molar-refractivity contribution < 1.29 is 19.2 Å². The number of hydrogen-bond donors (Lipinski definition) is 2. The molecule has 2 aliphatic heterocycles. The minimum Gasteiger partial charge on any atom is -0.355 e. The van der Waals surface area contributed by atoms with Crippen molar-refractivity contribution >= 4 is 34.4 Å². The normalized spacial score (nSPS) is 21.9. The Labute approximate surface area is 283 Å². The molecule has 11 nitrogen and oxygen atoms in total. The first-order chi connectivity index (χ1) is 22.6. The summed E-state index contributed by atoms with van der Waals surface area (Å²) in [6.45, 7) is 14.3. The van der Waals surface area contributed by atoms with E-state index in [0.717, 1.165) is 54.3 Å². The summed E-state index contributed by atoms with van der Waals surface area (Å²) in [7, 11) is 0. The fraction of sp³-hybridized carbons (Fsp3) is 0.595. The van der Waals surface area contributed by atoms with Crippen molar-refractivity contribution in [2.75, 3.05) is 13.1 Å². The maximum Gasteiger partial charge on any atom is 0.245 e. The molecule has 0 aliphatic carbocycles. The number of carbonyl (C=O) groups is 4. The van der Waals surface area contributed by atoms with Gasteiger partial charge in [-0.3, -0.25) is 23.9 Å². The summed E-state index contributed by atoms with van der Waals surface area (Å²) in [6, 6.07) is 3.26. The highest BCUT2D eigenvalue weighted by atomic mass is 16.2. The summed E-state index contributed by atoms with van der Waals surface area (Å²) in [5.74, 6) is 0.0365. The largest absolute Gasteiger partial charge is 0.355 e. The molecular weight excluding hydrogens is 606 g/mol. The van der Waals surface area contributed by atoms with Crippen LogP contribution in [0.4, 0.5) is 0 Å². The van der Waals surface area contributed by atoms with E-state index >= 15 is 0 Å². The molecule has 3 amide bonds. The van der Waals surface area contributed by atoms with E-state index in [2.05, 4.69) is 47.4 Å². The van der Waals surface area contributed by atoms with Gasteiger partial charge in [-0.05, 0) is 74.6 Å². The van der Waals surface area contributed by atoms with Gasteiger partial charge in [-0.15, -0.1) is 0 Å². The molecule has 2 aliphatic rings. The lowest BCUT2D eigenvalue weighted by Gasteiger charge is -2.28. The van der Waals surface area contributed by atoms with E-state index in [4.69, 9.17) is 5.10 Å². The van der Waals surface area contributed by atoms with Crippen molar-refractivity contribution in [2.24, 2.45) is 10.8 Å². The summed E-state index contributed by atoms with van der Waals surface area (Å²) < 4.78 is 1.66. The summed E-state index contributed by atoms with van der Waals surface area (Å²) in [4.78, 5) is 64.3. The van der Waals surface area contributed by atoms with Gasteiger partial charge in [0.05, 0.1) is 5.52 Å². The minimum absolute atomic E-state index is 0.00302. The first kappa shape index (κ1) is 35.2. The molecular formula is C37H51N7O4. The third kappa shape index (κ3) is 8.28. The molecule has 2 bridgehead atoms. The maximum absolute atomic E-state index is 14.3. The van der Waals surface area contributed by atoms with Crippen molar-refractivity contribution in [3.63, 3.8) is 0 Å². The number of Topliss-reactive ketones (excluding diaryl/α,β-unsaturated/α-hetero) is 1. The van der Waals surface area contributed by atoms with Gasteiger partial charge in [0.15, 0.2) is 5.78 Å². The molecule has 48 heavy (non-hydrogen) atoms. The second-order valence-corrected chi connectivity index (χ2v) is 15.5. The molecule has 0 saturated carbocycles. The van der Waals surface area contributed by atoms with Crippen molar-refractivity contribution in [3.8, 4) is 11.1 Å². The van der Waals surface area contributed by atoms with Crippen LogP contribution in [-0.2, 0) is 27.3 Å². The fourth-order valence-electron chi connectivity index (χ4n) is 7.35. The number of amides is 3.